The van der Waals surface area contributed by atoms with Crippen molar-refractivity contribution in [2.45, 2.75) is 18.9 Å². The zero-order valence-corrected chi connectivity index (χ0v) is 12.7. The number of carboxylic acids is 1. The topological polar surface area (TPSA) is 165 Å². The van der Waals surface area contributed by atoms with E-state index in [2.05, 4.69) is 0 Å². The van der Waals surface area contributed by atoms with Gasteiger partial charge in [-0.1, -0.05) is 0 Å². The van der Waals surface area contributed by atoms with E-state index in [1.54, 1.807) is 6.07 Å². The highest BCUT2D eigenvalue weighted by atomic mass is 16.6. The number of phenolic OH excluding ortho intramolecular Hbond substituents is 2. The molecule has 130 valence electrons. The number of rotatable bonds is 4. The summed E-state index contributed by atoms with van der Waals surface area (Å²) >= 11 is 0. The van der Waals surface area contributed by atoms with Crippen LogP contribution < -0.4 is 0 Å². The molecule has 1 aliphatic rings. The lowest BCUT2D eigenvalue weighted by Gasteiger charge is -2.20. The summed E-state index contributed by atoms with van der Waals surface area (Å²) < 4.78 is 0. The standard InChI is InChI=1S/C15H13N3O7/c16-7-9(14(21)17-3-1-2-10(17)15(22)23)4-8-5-11(18(24)25)13(20)12(19)6-8/h4-6,10,19-20H,1-3H2,(H,22,23)/b9-4+. The molecule has 1 heterocycles. The van der Waals surface area contributed by atoms with Crippen molar-refractivity contribution in [3.8, 4) is 17.6 Å². The minimum atomic E-state index is -1.18. The van der Waals surface area contributed by atoms with Crippen LogP contribution in [0, 0.1) is 21.4 Å². The smallest absolute Gasteiger partial charge is 0.326 e. The molecule has 2 rings (SSSR count). The Morgan fingerprint density at radius 2 is 2.08 bits per heavy atom. The molecule has 0 radical (unpaired) electrons. The summed E-state index contributed by atoms with van der Waals surface area (Å²) in [6, 6.07) is 2.43. The van der Waals surface area contributed by atoms with E-state index in [9.17, 15) is 35.2 Å². The number of amides is 1. The number of carbonyl (C=O) groups excluding carboxylic acids is 1. The van der Waals surface area contributed by atoms with Gasteiger partial charge < -0.3 is 20.2 Å². The molecule has 0 aromatic heterocycles. The molecule has 25 heavy (non-hydrogen) atoms. The van der Waals surface area contributed by atoms with E-state index in [1.807, 2.05) is 0 Å². The summed E-state index contributed by atoms with van der Waals surface area (Å²) in [6.45, 7) is 0.176. The van der Waals surface area contributed by atoms with E-state index in [0.717, 1.165) is 23.1 Å². The number of likely N-dealkylation sites (tertiary alicyclic amines) is 1. The minimum Gasteiger partial charge on any atom is -0.504 e. The number of carbonyl (C=O) groups is 2. The molecule has 1 aromatic carbocycles. The number of nitriles is 1. The molecule has 1 atom stereocenters. The number of aliphatic carboxylic acids is 1. The van der Waals surface area contributed by atoms with Gasteiger partial charge in [-0.05, 0) is 30.5 Å². The van der Waals surface area contributed by atoms with Crippen LogP contribution in [0.25, 0.3) is 6.08 Å². The monoisotopic (exact) mass is 347 g/mol. The Kier molecular flexibility index (Phi) is 4.88. The Balaban J connectivity index is 2.41. The van der Waals surface area contributed by atoms with Gasteiger partial charge in [-0.15, -0.1) is 0 Å². The number of phenols is 2. The number of nitro groups is 1. The Morgan fingerprint density at radius 1 is 1.40 bits per heavy atom. The van der Waals surface area contributed by atoms with E-state index < -0.39 is 45.6 Å². The van der Waals surface area contributed by atoms with Gasteiger partial charge >= 0.3 is 11.7 Å². The number of aromatic hydroxyl groups is 2. The third-order valence-corrected chi connectivity index (χ3v) is 3.75. The molecule has 1 fully saturated rings. The molecule has 3 N–H and O–H groups in total. The van der Waals surface area contributed by atoms with Crippen LogP contribution in [0.15, 0.2) is 17.7 Å². The first kappa shape index (κ1) is 17.7. The molecule has 1 saturated heterocycles. The Labute approximate surface area is 141 Å². The number of hydrogen-bond acceptors (Lipinski definition) is 7. The number of nitro benzene ring substituents is 1. The summed E-state index contributed by atoms with van der Waals surface area (Å²) in [5, 5.41) is 48.1. The molecule has 0 bridgehead atoms. The molecule has 1 aromatic rings. The maximum absolute atomic E-state index is 12.4. The first-order valence-electron chi connectivity index (χ1n) is 7.12. The van der Waals surface area contributed by atoms with E-state index in [0.29, 0.717) is 6.42 Å². The molecular formula is C15H13N3O7. The lowest BCUT2D eigenvalue weighted by atomic mass is 10.1. The fourth-order valence-corrected chi connectivity index (χ4v) is 2.58. The highest BCUT2D eigenvalue weighted by Gasteiger charge is 2.35. The Morgan fingerprint density at radius 3 is 2.64 bits per heavy atom. The molecule has 1 unspecified atom stereocenters. The van der Waals surface area contributed by atoms with Gasteiger partial charge in [-0.3, -0.25) is 14.9 Å². The minimum absolute atomic E-state index is 0.0574. The first-order valence-corrected chi connectivity index (χ1v) is 7.12. The van der Waals surface area contributed by atoms with Crippen LogP contribution in [0.4, 0.5) is 5.69 Å². The molecule has 10 heteroatoms. The second-order valence-electron chi connectivity index (χ2n) is 5.33. The first-order chi connectivity index (χ1) is 11.8. The summed E-state index contributed by atoms with van der Waals surface area (Å²) in [5.41, 5.74) is -1.29. The van der Waals surface area contributed by atoms with Gasteiger partial charge in [0.2, 0.25) is 5.75 Å². The summed E-state index contributed by atoms with van der Waals surface area (Å²) in [6.07, 6.45) is 1.74. The van der Waals surface area contributed by atoms with E-state index in [-0.39, 0.29) is 18.5 Å². The van der Waals surface area contributed by atoms with Crippen molar-refractivity contribution in [1.29, 1.82) is 5.26 Å². The normalized spacial score (nSPS) is 17.2. The van der Waals surface area contributed by atoms with Gasteiger partial charge in [0.15, 0.2) is 5.75 Å². The Hall–Kier alpha value is -3.61. The maximum atomic E-state index is 12.4. The fourth-order valence-electron chi connectivity index (χ4n) is 2.58. The highest BCUT2D eigenvalue weighted by molar-refractivity contribution is 6.03. The van der Waals surface area contributed by atoms with Crippen molar-refractivity contribution in [3.63, 3.8) is 0 Å². The van der Waals surface area contributed by atoms with E-state index >= 15 is 0 Å². The van der Waals surface area contributed by atoms with Crippen molar-refractivity contribution in [3.05, 3.63) is 33.4 Å². The van der Waals surface area contributed by atoms with Gasteiger partial charge in [0.05, 0.1) is 4.92 Å². The fraction of sp³-hybridized carbons (Fsp3) is 0.267. The van der Waals surface area contributed by atoms with Crippen molar-refractivity contribution in [1.82, 2.24) is 4.90 Å². The van der Waals surface area contributed by atoms with Gasteiger partial charge in [0.1, 0.15) is 17.7 Å². The lowest BCUT2D eigenvalue weighted by molar-refractivity contribution is -0.386. The predicted molar refractivity (Wildman–Crippen MR) is 82.4 cm³/mol. The number of carboxylic acid groups (broad SMARTS) is 1. The molecule has 1 amide bonds. The number of benzene rings is 1. The van der Waals surface area contributed by atoms with Crippen LogP contribution in [0.3, 0.4) is 0 Å². The quantitative estimate of drug-likeness (QED) is 0.238. The third-order valence-electron chi connectivity index (χ3n) is 3.75. The van der Waals surface area contributed by atoms with Gasteiger partial charge in [0.25, 0.3) is 5.91 Å². The van der Waals surface area contributed by atoms with E-state index in [4.69, 9.17) is 5.11 Å². The molecule has 10 nitrogen and oxygen atoms in total. The zero-order valence-electron chi connectivity index (χ0n) is 12.7. The maximum Gasteiger partial charge on any atom is 0.326 e. The lowest BCUT2D eigenvalue weighted by Crippen LogP contribution is -2.40. The van der Waals surface area contributed by atoms with Crippen LogP contribution in [-0.4, -0.2) is 49.6 Å². The average Bonchev–Trinajstić information content (AvgIpc) is 3.04. The van der Waals surface area contributed by atoms with Crippen molar-refractivity contribution >= 4 is 23.6 Å². The van der Waals surface area contributed by atoms with Crippen molar-refractivity contribution in [2.75, 3.05) is 6.54 Å². The zero-order chi connectivity index (χ0) is 18.7. The van der Waals surface area contributed by atoms with E-state index in [1.165, 1.54) is 0 Å². The molecule has 1 aliphatic heterocycles. The second kappa shape index (κ2) is 6.88. The number of nitrogens with zero attached hydrogens (tertiary/aromatic N) is 3. The summed E-state index contributed by atoms with van der Waals surface area (Å²) in [4.78, 5) is 34.5. The summed E-state index contributed by atoms with van der Waals surface area (Å²) in [7, 11) is 0. The second-order valence-corrected chi connectivity index (χ2v) is 5.33. The predicted octanol–water partition coefficient (Wildman–Crippen LogP) is 0.989. The van der Waals surface area contributed by atoms with Gasteiger partial charge in [-0.2, -0.15) is 5.26 Å². The van der Waals surface area contributed by atoms with Crippen LogP contribution in [0.5, 0.6) is 11.5 Å². The van der Waals surface area contributed by atoms with Crippen molar-refractivity contribution in [2.24, 2.45) is 0 Å². The van der Waals surface area contributed by atoms with Gasteiger partial charge in [-0.25, -0.2) is 4.79 Å². The molecular weight excluding hydrogens is 334 g/mol. The average molecular weight is 347 g/mol. The highest BCUT2D eigenvalue weighted by Crippen LogP contribution is 2.36. The molecule has 0 saturated carbocycles. The summed E-state index contributed by atoms with van der Waals surface area (Å²) in [5.74, 6) is -3.71. The Bertz CT molecular complexity index is 825. The van der Waals surface area contributed by atoms with Crippen LogP contribution in [0.1, 0.15) is 18.4 Å². The van der Waals surface area contributed by atoms with Gasteiger partial charge in [0, 0.05) is 12.6 Å². The number of hydrogen-bond donors (Lipinski definition) is 3. The molecule has 0 aliphatic carbocycles. The SMILES string of the molecule is N#C/C(=C\c1cc(O)c(O)c([N+](=O)[O-])c1)C(=O)N1CCCC1C(=O)O. The largest absolute Gasteiger partial charge is 0.504 e. The van der Waals surface area contributed by atoms with Crippen LogP contribution in [0.2, 0.25) is 0 Å². The molecule has 0 spiro atoms. The van der Waals surface area contributed by atoms with Crippen molar-refractivity contribution < 1.29 is 29.8 Å². The van der Waals surface area contributed by atoms with Crippen LogP contribution >= 0.6 is 0 Å². The third kappa shape index (κ3) is 3.50. The van der Waals surface area contributed by atoms with Crippen LogP contribution in [-0.2, 0) is 9.59 Å².